The number of hydrogen-bond acceptors (Lipinski definition) is 3. The lowest BCUT2D eigenvalue weighted by atomic mass is 9.94. The molecule has 1 unspecified atom stereocenters. The number of rotatable bonds is 2. The summed E-state index contributed by atoms with van der Waals surface area (Å²) in [5, 5.41) is 15.0. The van der Waals surface area contributed by atoms with Gasteiger partial charge in [-0.15, -0.1) is 0 Å². The fourth-order valence-electron chi connectivity index (χ4n) is 2.54. The number of anilines is 1. The van der Waals surface area contributed by atoms with Gasteiger partial charge in [0.15, 0.2) is 11.6 Å². The lowest BCUT2D eigenvalue weighted by molar-refractivity contribution is -0.118. The highest BCUT2D eigenvalue weighted by atomic mass is 19.1. The number of aromatic hydroxyl groups is 1. The molecule has 5 heteroatoms. The Morgan fingerprint density at radius 1 is 1.29 bits per heavy atom. The minimum absolute atomic E-state index is 0.243. The first-order valence-corrected chi connectivity index (χ1v) is 6.76. The van der Waals surface area contributed by atoms with Crippen molar-refractivity contribution in [3.05, 3.63) is 59.4 Å². The number of phenolic OH excluding ortho intramolecular Hbond substituents is 1. The number of halogens is 1. The van der Waals surface area contributed by atoms with Gasteiger partial charge in [0.2, 0.25) is 5.91 Å². The highest BCUT2D eigenvalue weighted by Crippen LogP contribution is 2.25. The van der Waals surface area contributed by atoms with Gasteiger partial charge in [-0.05, 0) is 29.7 Å². The van der Waals surface area contributed by atoms with Crippen LogP contribution in [0.3, 0.4) is 0 Å². The number of hydrogen-bond donors (Lipinski definition) is 3. The van der Waals surface area contributed by atoms with Gasteiger partial charge in [0.25, 0.3) is 0 Å². The fraction of sp³-hybridized carbons (Fsp3) is 0.188. The zero-order valence-corrected chi connectivity index (χ0v) is 11.3. The van der Waals surface area contributed by atoms with Crippen molar-refractivity contribution in [3.8, 4) is 5.75 Å². The summed E-state index contributed by atoms with van der Waals surface area (Å²) in [6.45, 7) is 0.721. The topological polar surface area (TPSA) is 61.4 Å². The normalized spacial score (nSPS) is 17.1. The molecule has 0 radical (unpaired) electrons. The molecular weight excluding hydrogens is 271 g/mol. The lowest BCUT2D eigenvalue weighted by Crippen LogP contribution is -2.38. The minimum atomic E-state index is -0.759. The summed E-state index contributed by atoms with van der Waals surface area (Å²) >= 11 is 0. The van der Waals surface area contributed by atoms with Crippen LogP contribution in [0.25, 0.3) is 0 Å². The Balaban J connectivity index is 1.81. The number of fused-ring (bicyclic) bond motifs is 1. The molecule has 21 heavy (non-hydrogen) atoms. The van der Waals surface area contributed by atoms with E-state index in [0.717, 1.165) is 30.2 Å². The summed E-state index contributed by atoms with van der Waals surface area (Å²) in [5.74, 6) is -1.44. The maximum absolute atomic E-state index is 13.3. The molecule has 0 saturated carbocycles. The third kappa shape index (κ3) is 2.73. The number of phenols is 1. The summed E-state index contributed by atoms with van der Waals surface area (Å²) in [4.78, 5) is 12.4. The average molecular weight is 286 g/mol. The van der Waals surface area contributed by atoms with Crippen molar-refractivity contribution < 1.29 is 14.3 Å². The van der Waals surface area contributed by atoms with E-state index in [1.165, 1.54) is 12.1 Å². The molecule has 1 aliphatic heterocycles. The van der Waals surface area contributed by atoms with Crippen molar-refractivity contribution in [2.24, 2.45) is 0 Å². The van der Waals surface area contributed by atoms with E-state index in [9.17, 15) is 9.18 Å². The van der Waals surface area contributed by atoms with Gasteiger partial charge in [-0.25, -0.2) is 4.39 Å². The van der Waals surface area contributed by atoms with Gasteiger partial charge in [0.1, 0.15) is 6.04 Å². The minimum Gasteiger partial charge on any atom is -0.505 e. The van der Waals surface area contributed by atoms with Gasteiger partial charge in [0, 0.05) is 18.3 Å². The maximum atomic E-state index is 13.3. The fourth-order valence-corrected chi connectivity index (χ4v) is 2.54. The van der Waals surface area contributed by atoms with E-state index in [4.69, 9.17) is 5.11 Å². The molecule has 1 aliphatic rings. The van der Waals surface area contributed by atoms with E-state index < -0.39 is 17.6 Å². The van der Waals surface area contributed by atoms with E-state index in [0.29, 0.717) is 5.69 Å². The second-order valence-electron chi connectivity index (χ2n) is 4.99. The summed E-state index contributed by atoms with van der Waals surface area (Å²) < 4.78 is 13.3. The Labute approximate surface area is 121 Å². The molecule has 0 spiro atoms. The molecule has 1 amide bonds. The number of carbonyl (C=O) groups is 1. The number of benzene rings is 2. The van der Waals surface area contributed by atoms with E-state index >= 15 is 0 Å². The molecule has 3 N–H and O–H groups in total. The van der Waals surface area contributed by atoms with E-state index in [1.807, 2.05) is 24.3 Å². The number of amides is 1. The molecule has 0 bridgehead atoms. The largest absolute Gasteiger partial charge is 0.505 e. The van der Waals surface area contributed by atoms with Crippen molar-refractivity contribution in [2.45, 2.75) is 12.5 Å². The van der Waals surface area contributed by atoms with Crippen molar-refractivity contribution >= 4 is 11.6 Å². The molecule has 108 valence electrons. The van der Waals surface area contributed by atoms with Gasteiger partial charge in [-0.3, -0.25) is 4.79 Å². The van der Waals surface area contributed by atoms with Crippen molar-refractivity contribution in [2.75, 3.05) is 11.9 Å². The molecule has 3 rings (SSSR count). The molecule has 0 fully saturated rings. The van der Waals surface area contributed by atoms with Crippen LogP contribution >= 0.6 is 0 Å². The Hall–Kier alpha value is -2.40. The van der Waals surface area contributed by atoms with Crippen LogP contribution < -0.4 is 10.6 Å². The first-order chi connectivity index (χ1) is 10.1. The maximum Gasteiger partial charge on any atom is 0.246 e. The summed E-state index contributed by atoms with van der Waals surface area (Å²) in [7, 11) is 0. The van der Waals surface area contributed by atoms with Gasteiger partial charge in [0.05, 0.1) is 0 Å². The standard InChI is InChI=1S/C16H15FN2O2/c17-13-9-11(5-6-14(13)20)19-16(21)15-12-4-2-1-3-10(12)7-8-18-15/h1-6,9,15,18,20H,7-8H2,(H,19,21). The molecule has 2 aromatic carbocycles. The van der Waals surface area contributed by atoms with E-state index in [2.05, 4.69) is 10.6 Å². The van der Waals surface area contributed by atoms with E-state index in [-0.39, 0.29) is 5.91 Å². The first kappa shape index (κ1) is 13.6. The Morgan fingerprint density at radius 3 is 2.90 bits per heavy atom. The molecule has 1 atom stereocenters. The third-order valence-corrected chi connectivity index (χ3v) is 3.59. The third-order valence-electron chi connectivity index (χ3n) is 3.59. The molecule has 0 aliphatic carbocycles. The van der Waals surface area contributed by atoms with Gasteiger partial charge in [-0.1, -0.05) is 24.3 Å². The second-order valence-corrected chi connectivity index (χ2v) is 4.99. The summed E-state index contributed by atoms with van der Waals surface area (Å²) in [6, 6.07) is 11.1. The van der Waals surface area contributed by atoms with Crippen LogP contribution in [0.5, 0.6) is 5.75 Å². The first-order valence-electron chi connectivity index (χ1n) is 6.76. The zero-order valence-electron chi connectivity index (χ0n) is 11.3. The Morgan fingerprint density at radius 2 is 2.10 bits per heavy atom. The average Bonchev–Trinajstić information content (AvgIpc) is 2.50. The molecule has 1 heterocycles. The van der Waals surface area contributed by atoms with Crippen LogP contribution in [0.15, 0.2) is 42.5 Å². The monoisotopic (exact) mass is 286 g/mol. The van der Waals surface area contributed by atoms with Crippen molar-refractivity contribution in [1.29, 1.82) is 0 Å². The SMILES string of the molecule is O=C(Nc1ccc(O)c(F)c1)C1NCCc2ccccc21. The highest BCUT2D eigenvalue weighted by molar-refractivity contribution is 5.96. The second kappa shape index (κ2) is 5.54. The molecule has 0 aromatic heterocycles. The predicted molar refractivity (Wildman–Crippen MR) is 77.6 cm³/mol. The zero-order chi connectivity index (χ0) is 14.8. The van der Waals surface area contributed by atoms with Crippen LogP contribution in [0, 0.1) is 5.82 Å². The summed E-state index contributed by atoms with van der Waals surface area (Å²) in [6.07, 6.45) is 0.883. The van der Waals surface area contributed by atoms with Crippen LogP contribution in [0.1, 0.15) is 17.2 Å². The lowest BCUT2D eigenvalue weighted by Gasteiger charge is -2.26. The summed E-state index contributed by atoms with van der Waals surface area (Å²) in [5.41, 5.74) is 2.41. The molecular formula is C16H15FN2O2. The van der Waals surface area contributed by atoms with Crippen LogP contribution in [-0.4, -0.2) is 17.6 Å². The number of nitrogens with one attached hydrogen (secondary N) is 2. The van der Waals surface area contributed by atoms with Crippen LogP contribution in [0.2, 0.25) is 0 Å². The van der Waals surface area contributed by atoms with Gasteiger partial charge < -0.3 is 15.7 Å². The Kier molecular flexibility index (Phi) is 3.58. The quantitative estimate of drug-likeness (QED) is 0.743. The van der Waals surface area contributed by atoms with E-state index in [1.54, 1.807) is 0 Å². The van der Waals surface area contributed by atoms with Crippen LogP contribution in [-0.2, 0) is 11.2 Å². The molecule has 2 aromatic rings. The van der Waals surface area contributed by atoms with Crippen molar-refractivity contribution in [1.82, 2.24) is 5.32 Å². The van der Waals surface area contributed by atoms with Crippen molar-refractivity contribution in [3.63, 3.8) is 0 Å². The molecule has 0 saturated heterocycles. The van der Waals surface area contributed by atoms with Crippen LogP contribution in [0.4, 0.5) is 10.1 Å². The number of carbonyl (C=O) groups excluding carboxylic acids is 1. The Bertz CT molecular complexity index is 688. The molecule has 4 nitrogen and oxygen atoms in total. The highest BCUT2D eigenvalue weighted by Gasteiger charge is 2.25. The smallest absolute Gasteiger partial charge is 0.246 e. The predicted octanol–water partition coefficient (Wildman–Crippen LogP) is 2.36. The van der Waals surface area contributed by atoms with Gasteiger partial charge in [-0.2, -0.15) is 0 Å². The van der Waals surface area contributed by atoms with Gasteiger partial charge >= 0.3 is 0 Å².